The third-order valence-corrected chi connectivity index (χ3v) is 4.71. The maximum atomic E-state index is 12.4. The van der Waals surface area contributed by atoms with Gasteiger partial charge in [-0.05, 0) is 0 Å². The molecule has 3 heterocycles. The average Bonchev–Trinajstić information content (AvgIpc) is 2.95. The van der Waals surface area contributed by atoms with Gasteiger partial charge in [0, 0.05) is 24.7 Å². The van der Waals surface area contributed by atoms with Gasteiger partial charge in [-0.25, -0.2) is 4.98 Å². The van der Waals surface area contributed by atoms with Crippen LogP contribution in [0.25, 0.3) is 4.96 Å². The SMILES string of the molecule is Cn1nccc1NS(=O)(=O)c1c(N)nc2sccn12. The number of aromatic nitrogens is 4. The van der Waals surface area contributed by atoms with E-state index in [0.29, 0.717) is 10.8 Å². The second kappa shape index (κ2) is 3.96. The summed E-state index contributed by atoms with van der Waals surface area (Å²) in [6.07, 6.45) is 3.11. The van der Waals surface area contributed by atoms with Gasteiger partial charge < -0.3 is 5.73 Å². The maximum absolute atomic E-state index is 12.4. The second-order valence-corrected chi connectivity index (χ2v) is 6.27. The number of anilines is 2. The van der Waals surface area contributed by atoms with Crippen LogP contribution in [0.3, 0.4) is 0 Å². The predicted molar refractivity (Wildman–Crippen MR) is 71.5 cm³/mol. The summed E-state index contributed by atoms with van der Waals surface area (Å²) in [4.78, 5) is 4.54. The van der Waals surface area contributed by atoms with Gasteiger partial charge >= 0.3 is 0 Å². The van der Waals surface area contributed by atoms with Crippen molar-refractivity contribution >= 4 is 38.0 Å². The predicted octanol–water partition coefficient (Wildman–Crippen LogP) is 0.512. The van der Waals surface area contributed by atoms with Crippen molar-refractivity contribution in [1.29, 1.82) is 0 Å². The average molecular weight is 298 g/mol. The van der Waals surface area contributed by atoms with Gasteiger partial charge in [0.2, 0.25) is 5.03 Å². The number of aryl methyl sites for hydroxylation is 1. The van der Waals surface area contributed by atoms with E-state index in [-0.39, 0.29) is 10.8 Å². The Morgan fingerprint density at radius 1 is 1.47 bits per heavy atom. The molecule has 0 unspecified atom stereocenters. The molecule has 3 aromatic heterocycles. The molecule has 0 aliphatic rings. The molecule has 100 valence electrons. The Kier molecular flexibility index (Phi) is 2.50. The Hall–Kier alpha value is -2.07. The van der Waals surface area contributed by atoms with Crippen molar-refractivity contribution in [3.63, 3.8) is 0 Å². The molecule has 3 N–H and O–H groups in total. The lowest BCUT2D eigenvalue weighted by atomic mass is 10.7. The quantitative estimate of drug-likeness (QED) is 0.732. The van der Waals surface area contributed by atoms with Crippen LogP contribution in [-0.4, -0.2) is 27.6 Å². The van der Waals surface area contributed by atoms with Crippen molar-refractivity contribution in [2.45, 2.75) is 5.03 Å². The number of nitrogens with zero attached hydrogens (tertiary/aromatic N) is 4. The third kappa shape index (κ3) is 1.85. The first-order valence-corrected chi connectivity index (χ1v) is 7.57. The van der Waals surface area contributed by atoms with Crippen molar-refractivity contribution in [1.82, 2.24) is 19.2 Å². The Morgan fingerprint density at radius 3 is 2.95 bits per heavy atom. The fraction of sp³-hybridized carbons (Fsp3) is 0.111. The first-order valence-electron chi connectivity index (χ1n) is 5.21. The van der Waals surface area contributed by atoms with Crippen LogP contribution in [0.15, 0.2) is 28.9 Å². The Bertz CT molecular complexity index is 843. The fourth-order valence-electron chi connectivity index (χ4n) is 1.71. The number of hydrogen-bond donors (Lipinski definition) is 2. The molecule has 3 aromatic rings. The number of hydrogen-bond acceptors (Lipinski definition) is 6. The van der Waals surface area contributed by atoms with E-state index in [9.17, 15) is 8.42 Å². The van der Waals surface area contributed by atoms with Crippen LogP contribution in [0.2, 0.25) is 0 Å². The molecule has 8 nitrogen and oxygen atoms in total. The van der Waals surface area contributed by atoms with Crippen LogP contribution in [0.1, 0.15) is 0 Å². The number of fused-ring (bicyclic) bond motifs is 1. The lowest BCUT2D eigenvalue weighted by Gasteiger charge is -2.07. The maximum Gasteiger partial charge on any atom is 0.282 e. The summed E-state index contributed by atoms with van der Waals surface area (Å²) in [7, 11) is -2.18. The molecule has 0 bridgehead atoms. The number of nitrogen functional groups attached to an aromatic ring is 1. The molecule has 10 heteroatoms. The molecule has 0 spiro atoms. The Morgan fingerprint density at radius 2 is 2.26 bits per heavy atom. The molecule has 0 aliphatic heterocycles. The van der Waals surface area contributed by atoms with E-state index in [1.54, 1.807) is 24.7 Å². The lowest BCUT2D eigenvalue weighted by molar-refractivity contribution is 0.596. The van der Waals surface area contributed by atoms with Gasteiger partial charge in [0.05, 0.1) is 6.20 Å². The summed E-state index contributed by atoms with van der Waals surface area (Å²) in [5.74, 6) is 0.325. The number of nitrogens with two attached hydrogens (primary N) is 1. The van der Waals surface area contributed by atoms with Crippen LogP contribution in [0.5, 0.6) is 0 Å². The van der Waals surface area contributed by atoms with E-state index in [1.165, 1.54) is 26.6 Å². The highest BCUT2D eigenvalue weighted by Crippen LogP contribution is 2.25. The van der Waals surface area contributed by atoms with E-state index < -0.39 is 10.0 Å². The van der Waals surface area contributed by atoms with Gasteiger partial charge in [0.25, 0.3) is 10.0 Å². The minimum absolute atomic E-state index is 0.0264. The number of rotatable bonds is 3. The molecule has 0 radical (unpaired) electrons. The zero-order valence-electron chi connectivity index (χ0n) is 9.81. The standard InChI is InChI=1S/C9H10N6O2S2/c1-14-6(2-3-11-14)13-19(16,17)8-7(10)12-9-15(8)4-5-18-9/h2-5,13H,10H2,1H3. The van der Waals surface area contributed by atoms with Crippen LogP contribution < -0.4 is 10.5 Å². The first kappa shape index (κ1) is 12.0. The summed E-state index contributed by atoms with van der Waals surface area (Å²) < 4.78 is 30.0. The summed E-state index contributed by atoms with van der Waals surface area (Å²) >= 11 is 1.31. The zero-order valence-corrected chi connectivity index (χ0v) is 11.4. The molecule has 0 saturated carbocycles. The monoisotopic (exact) mass is 298 g/mol. The summed E-state index contributed by atoms with van der Waals surface area (Å²) in [5, 5.41) is 5.57. The van der Waals surface area contributed by atoms with E-state index in [2.05, 4.69) is 14.8 Å². The van der Waals surface area contributed by atoms with Gasteiger partial charge in [-0.1, -0.05) is 0 Å². The normalized spacial score (nSPS) is 12.1. The third-order valence-electron chi connectivity index (χ3n) is 2.56. The second-order valence-electron chi connectivity index (χ2n) is 3.80. The molecule has 0 aliphatic carbocycles. The van der Waals surface area contributed by atoms with Gasteiger partial charge in [0.15, 0.2) is 10.8 Å². The molecular formula is C9H10N6O2S2. The molecule has 0 saturated heterocycles. The van der Waals surface area contributed by atoms with Crippen molar-refractivity contribution in [3.05, 3.63) is 23.8 Å². The van der Waals surface area contributed by atoms with E-state index in [0.717, 1.165) is 0 Å². The molecule has 3 rings (SSSR count). The fourth-order valence-corrected chi connectivity index (χ4v) is 3.79. The van der Waals surface area contributed by atoms with Gasteiger partial charge in [-0.2, -0.15) is 13.5 Å². The summed E-state index contributed by atoms with van der Waals surface area (Å²) in [6.45, 7) is 0. The summed E-state index contributed by atoms with van der Waals surface area (Å²) in [6, 6.07) is 1.56. The highest BCUT2D eigenvalue weighted by atomic mass is 32.2. The van der Waals surface area contributed by atoms with Crippen molar-refractivity contribution in [2.24, 2.45) is 7.05 Å². The largest absolute Gasteiger partial charge is 0.381 e. The first-order chi connectivity index (χ1) is 8.99. The molecule has 0 fully saturated rings. The number of nitrogens with one attached hydrogen (secondary N) is 1. The highest BCUT2D eigenvalue weighted by Gasteiger charge is 2.25. The van der Waals surface area contributed by atoms with Crippen molar-refractivity contribution in [3.8, 4) is 0 Å². The van der Waals surface area contributed by atoms with E-state index in [1.807, 2.05) is 0 Å². The van der Waals surface area contributed by atoms with Gasteiger partial charge in [-0.15, -0.1) is 11.3 Å². The van der Waals surface area contributed by atoms with Crippen LogP contribution >= 0.6 is 11.3 Å². The van der Waals surface area contributed by atoms with Crippen LogP contribution in [0, 0.1) is 0 Å². The van der Waals surface area contributed by atoms with Crippen LogP contribution in [-0.2, 0) is 17.1 Å². The van der Waals surface area contributed by atoms with Crippen molar-refractivity contribution in [2.75, 3.05) is 10.5 Å². The van der Waals surface area contributed by atoms with Gasteiger partial charge in [-0.3, -0.25) is 13.8 Å². The highest BCUT2D eigenvalue weighted by molar-refractivity contribution is 7.92. The van der Waals surface area contributed by atoms with Crippen molar-refractivity contribution < 1.29 is 8.42 Å². The molecule has 0 aromatic carbocycles. The number of thiazole rings is 1. The van der Waals surface area contributed by atoms with Crippen LogP contribution in [0.4, 0.5) is 11.6 Å². The van der Waals surface area contributed by atoms with E-state index in [4.69, 9.17) is 5.73 Å². The minimum Gasteiger partial charge on any atom is -0.381 e. The molecule has 0 atom stereocenters. The Labute approximate surface area is 112 Å². The topological polar surface area (TPSA) is 107 Å². The number of imidazole rings is 1. The van der Waals surface area contributed by atoms with Gasteiger partial charge in [0.1, 0.15) is 5.82 Å². The molecule has 19 heavy (non-hydrogen) atoms. The van der Waals surface area contributed by atoms with E-state index >= 15 is 0 Å². The summed E-state index contributed by atoms with van der Waals surface area (Å²) in [5.41, 5.74) is 5.68. The minimum atomic E-state index is -3.82. The molecular weight excluding hydrogens is 288 g/mol. The smallest absolute Gasteiger partial charge is 0.282 e. The lowest BCUT2D eigenvalue weighted by Crippen LogP contribution is -2.18. The Balaban J connectivity index is 2.12. The number of sulfonamides is 1. The molecule has 0 amide bonds. The zero-order chi connectivity index (χ0) is 13.6.